The zero-order valence-electron chi connectivity index (χ0n) is 9.15. The summed E-state index contributed by atoms with van der Waals surface area (Å²) in [6.07, 6.45) is 9.24. The van der Waals surface area contributed by atoms with Crippen molar-refractivity contribution in [1.82, 2.24) is 8.61 Å². The van der Waals surface area contributed by atoms with Crippen molar-refractivity contribution < 1.29 is 8.42 Å². The maximum absolute atomic E-state index is 12.0. The lowest BCUT2D eigenvalue weighted by Gasteiger charge is -2.24. The number of hydrogen-bond acceptors (Lipinski definition) is 2. The van der Waals surface area contributed by atoms with Crippen molar-refractivity contribution in [2.24, 2.45) is 0 Å². The van der Waals surface area contributed by atoms with Crippen LogP contribution in [0.2, 0.25) is 0 Å². The molecule has 0 aromatic rings. The molecule has 0 aliphatic carbocycles. The molecule has 0 atom stereocenters. The van der Waals surface area contributed by atoms with Crippen molar-refractivity contribution in [1.29, 1.82) is 0 Å². The van der Waals surface area contributed by atoms with Gasteiger partial charge in [0.15, 0.2) is 0 Å². The van der Waals surface area contributed by atoms with Crippen LogP contribution in [0.3, 0.4) is 0 Å². The third-order valence-electron chi connectivity index (χ3n) is 2.60. The van der Waals surface area contributed by atoms with Gasteiger partial charge >= 0.3 is 0 Å². The summed E-state index contributed by atoms with van der Waals surface area (Å²) >= 11 is 0. The molecule has 0 bridgehead atoms. The van der Waals surface area contributed by atoms with Crippen molar-refractivity contribution in [2.75, 3.05) is 26.7 Å². The highest BCUT2D eigenvalue weighted by Crippen LogP contribution is 2.14. The molecule has 1 rings (SSSR count). The Morgan fingerprint density at radius 1 is 1.27 bits per heavy atom. The lowest BCUT2D eigenvalue weighted by atomic mass is 10.2. The molecule has 1 fully saturated rings. The molecule has 0 spiro atoms. The summed E-state index contributed by atoms with van der Waals surface area (Å²) in [6, 6.07) is 0. The van der Waals surface area contributed by atoms with Crippen LogP contribution in [-0.2, 0) is 10.2 Å². The third kappa shape index (κ3) is 3.20. The van der Waals surface area contributed by atoms with Gasteiger partial charge in [0.1, 0.15) is 0 Å². The van der Waals surface area contributed by atoms with E-state index in [-0.39, 0.29) is 6.54 Å². The van der Waals surface area contributed by atoms with Gasteiger partial charge in [-0.25, -0.2) is 0 Å². The van der Waals surface area contributed by atoms with Gasteiger partial charge in [0.05, 0.1) is 6.54 Å². The van der Waals surface area contributed by atoms with Gasteiger partial charge in [-0.3, -0.25) is 0 Å². The molecule has 0 radical (unpaired) electrons. The summed E-state index contributed by atoms with van der Waals surface area (Å²) in [5.41, 5.74) is 0. The number of nitrogens with zero attached hydrogens (tertiary/aromatic N) is 2. The molecule has 0 amide bonds. The normalized spacial score (nSPS) is 19.8. The molecular formula is C10H18N2O2S. The molecule has 1 saturated heterocycles. The first-order valence-corrected chi connectivity index (χ1v) is 6.63. The molecular weight excluding hydrogens is 212 g/mol. The van der Waals surface area contributed by atoms with E-state index in [1.165, 1.54) is 15.7 Å². The van der Waals surface area contributed by atoms with Crippen LogP contribution >= 0.6 is 0 Å². The molecule has 0 aromatic heterocycles. The summed E-state index contributed by atoms with van der Waals surface area (Å²) < 4.78 is 26.7. The van der Waals surface area contributed by atoms with Crippen LogP contribution in [0.4, 0.5) is 0 Å². The fraction of sp³-hybridized carbons (Fsp3) is 0.800. The Bertz CT molecular complexity index is 324. The molecule has 0 N–H and O–H groups in total. The summed E-state index contributed by atoms with van der Waals surface area (Å²) in [5, 5.41) is 0. The predicted octanol–water partition coefficient (Wildman–Crippen LogP) is 0.672. The van der Waals surface area contributed by atoms with Gasteiger partial charge in [-0.15, -0.1) is 6.42 Å². The molecule has 15 heavy (non-hydrogen) atoms. The van der Waals surface area contributed by atoms with Crippen LogP contribution in [0.5, 0.6) is 0 Å². The Hall–Kier alpha value is -0.570. The monoisotopic (exact) mass is 230 g/mol. The van der Waals surface area contributed by atoms with E-state index in [1.54, 1.807) is 0 Å². The van der Waals surface area contributed by atoms with E-state index >= 15 is 0 Å². The van der Waals surface area contributed by atoms with Gasteiger partial charge in [0.25, 0.3) is 10.2 Å². The van der Waals surface area contributed by atoms with Crippen molar-refractivity contribution in [2.45, 2.75) is 25.7 Å². The molecule has 0 aromatic carbocycles. The fourth-order valence-corrected chi connectivity index (χ4v) is 3.03. The zero-order valence-corrected chi connectivity index (χ0v) is 9.96. The Balaban J connectivity index is 2.71. The molecule has 86 valence electrons. The minimum Gasteiger partial charge on any atom is -0.195 e. The minimum absolute atomic E-state index is 0.138. The van der Waals surface area contributed by atoms with Crippen LogP contribution in [0.1, 0.15) is 25.7 Å². The second-order valence-electron chi connectivity index (χ2n) is 3.78. The van der Waals surface area contributed by atoms with Crippen LogP contribution in [0.15, 0.2) is 0 Å². The lowest BCUT2D eigenvalue weighted by molar-refractivity contribution is 0.377. The van der Waals surface area contributed by atoms with Gasteiger partial charge < -0.3 is 0 Å². The minimum atomic E-state index is -3.32. The second-order valence-corrected chi connectivity index (χ2v) is 5.82. The number of hydrogen-bond donors (Lipinski definition) is 0. The SMILES string of the molecule is C#CCN(C)S(=O)(=O)N1CCCCCC1. The quantitative estimate of drug-likeness (QED) is 0.669. The molecule has 0 unspecified atom stereocenters. The van der Waals surface area contributed by atoms with Crippen LogP contribution in [0, 0.1) is 12.3 Å². The summed E-state index contributed by atoms with van der Waals surface area (Å²) in [6.45, 7) is 1.38. The maximum Gasteiger partial charge on any atom is 0.282 e. The molecule has 1 aliphatic heterocycles. The van der Waals surface area contributed by atoms with Gasteiger partial charge in [-0.2, -0.15) is 17.0 Å². The highest BCUT2D eigenvalue weighted by atomic mass is 32.2. The van der Waals surface area contributed by atoms with Crippen molar-refractivity contribution >= 4 is 10.2 Å². The predicted molar refractivity (Wildman–Crippen MR) is 60.4 cm³/mol. The van der Waals surface area contributed by atoms with Crippen LogP contribution < -0.4 is 0 Å². The van der Waals surface area contributed by atoms with E-state index in [0.717, 1.165) is 25.7 Å². The van der Waals surface area contributed by atoms with E-state index in [2.05, 4.69) is 5.92 Å². The van der Waals surface area contributed by atoms with Crippen molar-refractivity contribution in [3.05, 3.63) is 0 Å². The molecule has 4 nitrogen and oxygen atoms in total. The highest BCUT2D eigenvalue weighted by Gasteiger charge is 2.26. The first-order valence-electron chi connectivity index (χ1n) is 5.24. The van der Waals surface area contributed by atoms with E-state index in [0.29, 0.717) is 13.1 Å². The Morgan fingerprint density at radius 2 is 1.80 bits per heavy atom. The van der Waals surface area contributed by atoms with E-state index in [4.69, 9.17) is 6.42 Å². The topological polar surface area (TPSA) is 40.6 Å². The Morgan fingerprint density at radius 3 is 2.27 bits per heavy atom. The zero-order chi connectivity index (χ0) is 11.3. The van der Waals surface area contributed by atoms with Crippen LogP contribution in [0.25, 0.3) is 0 Å². The molecule has 0 saturated carbocycles. The summed E-state index contributed by atoms with van der Waals surface area (Å²) in [7, 11) is -1.80. The molecule has 1 heterocycles. The summed E-state index contributed by atoms with van der Waals surface area (Å²) in [4.78, 5) is 0. The number of terminal acetylenes is 1. The smallest absolute Gasteiger partial charge is 0.195 e. The van der Waals surface area contributed by atoms with Crippen LogP contribution in [-0.4, -0.2) is 43.7 Å². The first kappa shape index (κ1) is 12.5. The van der Waals surface area contributed by atoms with Gasteiger partial charge in [-0.05, 0) is 12.8 Å². The average Bonchev–Trinajstić information content (AvgIpc) is 2.46. The Kier molecular flexibility index (Phi) is 4.58. The van der Waals surface area contributed by atoms with Crippen molar-refractivity contribution in [3.8, 4) is 12.3 Å². The fourth-order valence-electron chi connectivity index (χ4n) is 1.68. The number of rotatable bonds is 3. The molecule has 1 aliphatic rings. The van der Waals surface area contributed by atoms with E-state index < -0.39 is 10.2 Å². The second kappa shape index (κ2) is 5.50. The van der Waals surface area contributed by atoms with Gasteiger partial charge in [0, 0.05) is 20.1 Å². The van der Waals surface area contributed by atoms with E-state index in [9.17, 15) is 8.42 Å². The van der Waals surface area contributed by atoms with Gasteiger partial charge in [0.2, 0.25) is 0 Å². The van der Waals surface area contributed by atoms with E-state index in [1.807, 2.05) is 0 Å². The highest BCUT2D eigenvalue weighted by molar-refractivity contribution is 7.86. The van der Waals surface area contributed by atoms with Crippen molar-refractivity contribution in [3.63, 3.8) is 0 Å². The largest absolute Gasteiger partial charge is 0.282 e. The summed E-state index contributed by atoms with van der Waals surface area (Å²) in [5.74, 6) is 2.35. The Labute approximate surface area is 92.4 Å². The average molecular weight is 230 g/mol. The molecule has 5 heteroatoms. The third-order valence-corrected chi connectivity index (χ3v) is 4.53. The van der Waals surface area contributed by atoms with Gasteiger partial charge in [-0.1, -0.05) is 18.8 Å². The standard InChI is InChI=1S/C10H18N2O2S/c1-3-8-11(2)15(13,14)12-9-6-4-5-7-10-12/h1H,4-10H2,2H3. The first-order chi connectivity index (χ1) is 7.09. The maximum atomic E-state index is 12.0. The lowest BCUT2D eigenvalue weighted by Crippen LogP contribution is -2.42.